The fourth-order valence-corrected chi connectivity index (χ4v) is 2.69. The molecule has 0 saturated heterocycles. The average Bonchev–Trinajstić information content (AvgIpc) is 3.34. The van der Waals surface area contributed by atoms with Crippen LogP contribution < -0.4 is 0 Å². The first-order valence-corrected chi connectivity index (χ1v) is 7.73. The summed E-state index contributed by atoms with van der Waals surface area (Å²) in [5.41, 5.74) is -2.81. The van der Waals surface area contributed by atoms with Crippen LogP contribution >= 0.6 is 11.6 Å². The summed E-state index contributed by atoms with van der Waals surface area (Å²) in [6, 6.07) is -10.5. The van der Waals surface area contributed by atoms with Gasteiger partial charge >= 0.3 is 0 Å². The lowest BCUT2D eigenvalue weighted by Gasteiger charge is -2.03. The third kappa shape index (κ3) is 2.40. The summed E-state index contributed by atoms with van der Waals surface area (Å²) in [4.78, 5) is 0. The van der Waals surface area contributed by atoms with E-state index in [2.05, 4.69) is 0 Å². The third-order valence-electron chi connectivity index (χ3n) is 3.71. The van der Waals surface area contributed by atoms with Gasteiger partial charge in [0.05, 0.1) is 20.6 Å². The molecule has 0 unspecified atom stereocenters. The second kappa shape index (κ2) is 6.05. The minimum atomic E-state index is -0.736. The molecule has 0 spiro atoms. The molecule has 0 N–H and O–H groups in total. The van der Waals surface area contributed by atoms with E-state index in [1.54, 1.807) is 0 Å². The highest BCUT2D eigenvalue weighted by molar-refractivity contribution is 6.30. The molecule has 1 aromatic heterocycles. The number of halogens is 1. The molecule has 0 saturated carbocycles. The van der Waals surface area contributed by atoms with Crippen LogP contribution in [0, 0.1) is 0 Å². The van der Waals surface area contributed by atoms with Crippen molar-refractivity contribution in [1.29, 1.82) is 0 Å². The standard InChI is InChI=1S/C24H15ClO/c25-18-14-12-17(13-15-18)20-9-5-11-22-21-10-4-8-19(23(21)26-24(20)22)16-6-2-1-3-7-16/h1-15H/i1D,2D,3D,4D,5D,6D,7D,8D,9D,10D,11D,12D,13D,14D,15D. The van der Waals surface area contributed by atoms with Gasteiger partial charge in [-0.05, 0) is 23.2 Å². The van der Waals surface area contributed by atoms with Gasteiger partial charge in [-0.25, -0.2) is 0 Å². The van der Waals surface area contributed by atoms with Gasteiger partial charge in [0.1, 0.15) is 11.2 Å². The Morgan fingerprint density at radius 2 is 1.12 bits per heavy atom. The maximum Gasteiger partial charge on any atom is 0.143 e. The molecule has 0 aliphatic carbocycles. The molecule has 1 nitrogen and oxygen atoms in total. The predicted octanol–water partition coefficient (Wildman–Crippen LogP) is 7.57. The molecule has 0 amide bonds. The summed E-state index contributed by atoms with van der Waals surface area (Å²) in [6.45, 7) is 0. The summed E-state index contributed by atoms with van der Waals surface area (Å²) >= 11 is 5.94. The largest absolute Gasteiger partial charge is 0.455 e. The molecule has 26 heavy (non-hydrogen) atoms. The highest BCUT2D eigenvalue weighted by atomic mass is 35.5. The van der Waals surface area contributed by atoms with Crippen LogP contribution in [0.5, 0.6) is 0 Å². The van der Waals surface area contributed by atoms with Crippen molar-refractivity contribution in [1.82, 2.24) is 0 Å². The van der Waals surface area contributed by atoms with E-state index in [1.165, 1.54) is 0 Å². The lowest BCUT2D eigenvalue weighted by molar-refractivity contribution is 0.671. The molecule has 0 bridgehead atoms. The van der Waals surface area contributed by atoms with Crippen LogP contribution in [0.25, 0.3) is 44.2 Å². The van der Waals surface area contributed by atoms with E-state index >= 15 is 0 Å². The molecular weight excluding hydrogens is 340 g/mol. The van der Waals surface area contributed by atoms with Crippen LogP contribution in [-0.4, -0.2) is 0 Å². The molecule has 124 valence electrons. The van der Waals surface area contributed by atoms with Crippen LogP contribution in [0.15, 0.2) is 95.1 Å². The number of hydrogen-bond acceptors (Lipinski definition) is 1. The third-order valence-corrected chi connectivity index (χ3v) is 3.90. The zero-order valence-corrected chi connectivity index (χ0v) is 13.5. The predicted molar refractivity (Wildman–Crippen MR) is 110 cm³/mol. The molecule has 4 aromatic carbocycles. The first-order valence-electron chi connectivity index (χ1n) is 14.8. The Kier molecular flexibility index (Phi) is 1.46. The van der Waals surface area contributed by atoms with Crippen LogP contribution in [0.1, 0.15) is 20.6 Å². The topological polar surface area (TPSA) is 13.1 Å². The molecule has 5 aromatic rings. The first-order chi connectivity index (χ1) is 19.1. The maximum absolute atomic E-state index is 8.58. The minimum absolute atomic E-state index is 0.324. The zero-order chi connectivity index (χ0) is 30.6. The summed E-state index contributed by atoms with van der Waals surface area (Å²) in [5, 5.41) is -1.14. The second-order valence-corrected chi connectivity index (χ2v) is 5.58. The van der Waals surface area contributed by atoms with Gasteiger partial charge in [0, 0.05) is 26.9 Å². The Morgan fingerprint density at radius 1 is 0.577 bits per heavy atom. The van der Waals surface area contributed by atoms with E-state index in [0.29, 0.717) is 0 Å². The van der Waals surface area contributed by atoms with Gasteiger partial charge in [-0.3, -0.25) is 0 Å². The molecule has 1 heterocycles. The number of para-hydroxylation sites is 2. The summed E-state index contributed by atoms with van der Waals surface area (Å²) in [7, 11) is 0. The molecule has 0 radical (unpaired) electrons. The summed E-state index contributed by atoms with van der Waals surface area (Å²) < 4.78 is 131. The summed E-state index contributed by atoms with van der Waals surface area (Å²) in [5.74, 6) is 0. The Bertz CT molecular complexity index is 1810. The molecule has 2 heteroatoms. The number of benzene rings is 4. The second-order valence-electron chi connectivity index (χ2n) is 5.20. The van der Waals surface area contributed by atoms with Gasteiger partial charge in [-0.15, -0.1) is 0 Å². The van der Waals surface area contributed by atoms with Crippen molar-refractivity contribution in [3.05, 3.63) is 95.7 Å². The number of rotatable bonds is 2. The SMILES string of the molecule is [2H]c1c([2H])c([2H])c(-c2c([2H])c([2H])c([2H])c3c2oc2c(-c4c([2H])c([2H])c(Cl)c([2H])c4[2H])c([2H])c([2H])c([2H])c23)c([2H])c1[2H]. The van der Waals surface area contributed by atoms with Gasteiger partial charge < -0.3 is 4.42 Å². The fourth-order valence-electron chi connectivity index (χ4n) is 2.60. The van der Waals surface area contributed by atoms with E-state index in [1.807, 2.05) is 0 Å². The molecule has 0 atom stereocenters. The Balaban J connectivity index is 2.12. The number of fused-ring (bicyclic) bond motifs is 3. The van der Waals surface area contributed by atoms with Crippen LogP contribution in [-0.2, 0) is 0 Å². The highest BCUT2D eigenvalue weighted by Gasteiger charge is 2.15. The van der Waals surface area contributed by atoms with Crippen molar-refractivity contribution < 1.29 is 25.0 Å². The molecule has 0 aliphatic heterocycles. The van der Waals surface area contributed by atoms with Crippen molar-refractivity contribution >= 4 is 33.5 Å². The van der Waals surface area contributed by atoms with E-state index in [9.17, 15) is 0 Å². The Morgan fingerprint density at radius 3 is 1.69 bits per heavy atom. The van der Waals surface area contributed by atoms with Crippen molar-refractivity contribution in [2.45, 2.75) is 0 Å². The number of hydrogen-bond donors (Lipinski definition) is 0. The smallest absolute Gasteiger partial charge is 0.143 e. The first kappa shape index (κ1) is 6.29. The van der Waals surface area contributed by atoms with Crippen molar-refractivity contribution in [2.75, 3.05) is 0 Å². The van der Waals surface area contributed by atoms with Gasteiger partial charge in [0.25, 0.3) is 0 Å². The van der Waals surface area contributed by atoms with E-state index in [0.717, 1.165) is 0 Å². The van der Waals surface area contributed by atoms with Crippen LogP contribution in [0.2, 0.25) is 5.02 Å². The van der Waals surface area contributed by atoms with Gasteiger partial charge in [-0.1, -0.05) is 90.2 Å². The van der Waals surface area contributed by atoms with Gasteiger partial charge in [0.2, 0.25) is 0 Å². The lowest BCUT2D eigenvalue weighted by atomic mass is 10.0. The van der Waals surface area contributed by atoms with E-state index in [-0.39, 0.29) is 10.8 Å². The molecule has 5 rings (SSSR count). The maximum atomic E-state index is 8.58. The summed E-state index contributed by atoms with van der Waals surface area (Å²) in [6.07, 6.45) is 0. The normalized spacial score (nSPS) is 19.3. The van der Waals surface area contributed by atoms with Crippen LogP contribution in [0.4, 0.5) is 0 Å². The van der Waals surface area contributed by atoms with Crippen molar-refractivity contribution in [2.24, 2.45) is 0 Å². The van der Waals surface area contributed by atoms with Crippen LogP contribution in [0.3, 0.4) is 0 Å². The van der Waals surface area contributed by atoms with Crippen molar-refractivity contribution in [3.8, 4) is 22.3 Å². The minimum Gasteiger partial charge on any atom is -0.455 e. The van der Waals surface area contributed by atoms with E-state index < -0.39 is 129 Å². The number of furan rings is 1. The van der Waals surface area contributed by atoms with Crippen molar-refractivity contribution in [3.63, 3.8) is 0 Å². The fraction of sp³-hybridized carbons (Fsp3) is 0. The van der Waals surface area contributed by atoms with Gasteiger partial charge in [0.15, 0.2) is 0 Å². The zero-order valence-electron chi connectivity index (χ0n) is 27.8. The monoisotopic (exact) mass is 369 g/mol. The van der Waals surface area contributed by atoms with Gasteiger partial charge in [-0.2, -0.15) is 0 Å². The Hall–Kier alpha value is -3.03. The highest BCUT2D eigenvalue weighted by Crippen LogP contribution is 2.39. The van der Waals surface area contributed by atoms with E-state index in [4.69, 9.17) is 36.6 Å². The lowest BCUT2D eigenvalue weighted by Crippen LogP contribution is -1.78. The molecule has 0 aliphatic rings. The molecule has 0 fully saturated rings. The molecular formula is C24H15ClO. The quantitative estimate of drug-likeness (QED) is 0.312. The average molecular weight is 370 g/mol. The Labute approximate surface area is 177 Å².